The van der Waals surface area contributed by atoms with Crippen molar-refractivity contribution in [2.45, 2.75) is 37.6 Å². The average Bonchev–Trinajstić information content (AvgIpc) is 3.25. The van der Waals surface area contributed by atoms with Crippen molar-refractivity contribution >= 4 is 23.6 Å². The summed E-state index contributed by atoms with van der Waals surface area (Å²) in [4.78, 5) is 26.5. The number of esters is 1. The van der Waals surface area contributed by atoms with E-state index in [-0.39, 0.29) is 23.5 Å². The number of carbonyl (C=O) groups is 2. The maximum absolute atomic E-state index is 12.8. The number of likely N-dealkylation sites (tertiary alicyclic amines) is 1. The van der Waals surface area contributed by atoms with Gasteiger partial charge < -0.3 is 19.1 Å². The summed E-state index contributed by atoms with van der Waals surface area (Å²) in [6.07, 6.45) is 2.62. The number of nitrogens with zero attached hydrogens (tertiary/aromatic N) is 4. The van der Waals surface area contributed by atoms with E-state index < -0.39 is 6.10 Å². The lowest BCUT2D eigenvalue weighted by atomic mass is 9.97. The highest BCUT2D eigenvalue weighted by Gasteiger charge is 2.30. The van der Waals surface area contributed by atoms with Gasteiger partial charge in [-0.1, -0.05) is 30.0 Å². The number of piperidine rings is 1. The number of fused-ring (bicyclic) bond motifs is 1. The molecule has 9 nitrogen and oxygen atoms in total. The minimum Gasteiger partial charge on any atom is -0.485 e. The van der Waals surface area contributed by atoms with Gasteiger partial charge in [0.15, 0.2) is 28.6 Å². The molecule has 176 valence electrons. The number of allylic oxidation sites excluding steroid dienone is 1. The molecule has 1 amide bonds. The van der Waals surface area contributed by atoms with Gasteiger partial charge in [0.25, 0.3) is 0 Å². The van der Waals surface area contributed by atoms with Crippen molar-refractivity contribution < 1.29 is 23.8 Å². The van der Waals surface area contributed by atoms with Gasteiger partial charge in [0, 0.05) is 19.6 Å². The first-order valence-corrected chi connectivity index (χ1v) is 12.1. The van der Waals surface area contributed by atoms with Crippen LogP contribution in [0.25, 0.3) is 0 Å². The Labute approximate surface area is 197 Å². The number of ether oxygens (including phenoxy) is 3. The largest absolute Gasteiger partial charge is 0.485 e. The van der Waals surface area contributed by atoms with E-state index in [1.54, 1.807) is 17.9 Å². The summed E-state index contributed by atoms with van der Waals surface area (Å²) in [6.45, 7) is 7.94. The van der Waals surface area contributed by atoms with Gasteiger partial charge in [-0.05, 0) is 31.9 Å². The lowest BCUT2D eigenvalue weighted by Crippen LogP contribution is -2.41. The van der Waals surface area contributed by atoms with Crippen LogP contribution in [0.5, 0.6) is 11.5 Å². The van der Waals surface area contributed by atoms with Crippen molar-refractivity contribution in [3.63, 3.8) is 0 Å². The third-order valence-corrected chi connectivity index (χ3v) is 6.60. The van der Waals surface area contributed by atoms with Crippen LogP contribution in [0.4, 0.5) is 0 Å². The van der Waals surface area contributed by atoms with Crippen LogP contribution in [0.3, 0.4) is 0 Å². The van der Waals surface area contributed by atoms with Crippen LogP contribution in [-0.4, -0.2) is 63.6 Å². The number of rotatable bonds is 8. The maximum Gasteiger partial charge on any atom is 0.309 e. The number of thioether (sulfide) groups is 1. The predicted octanol–water partition coefficient (Wildman–Crippen LogP) is 2.87. The molecule has 0 spiro atoms. The van der Waals surface area contributed by atoms with Gasteiger partial charge in [-0.3, -0.25) is 14.2 Å². The van der Waals surface area contributed by atoms with E-state index in [2.05, 4.69) is 16.8 Å². The Kier molecular flexibility index (Phi) is 7.54. The molecule has 1 saturated heterocycles. The van der Waals surface area contributed by atoms with Crippen molar-refractivity contribution in [2.24, 2.45) is 5.92 Å². The van der Waals surface area contributed by atoms with Crippen molar-refractivity contribution in [2.75, 3.05) is 32.1 Å². The number of amides is 1. The van der Waals surface area contributed by atoms with Crippen molar-refractivity contribution in [1.29, 1.82) is 0 Å². The molecule has 2 aromatic rings. The Morgan fingerprint density at radius 3 is 2.73 bits per heavy atom. The fraction of sp³-hybridized carbons (Fsp3) is 0.478. The molecule has 1 aromatic heterocycles. The summed E-state index contributed by atoms with van der Waals surface area (Å²) < 4.78 is 18.9. The highest BCUT2D eigenvalue weighted by molar-refractivity contribution is 7.99. The van der Waals surface area contributed by atoms with Gasteiger partial charge in [-0.15, -0.1) is 16.8 Å². The number of hydrogen-bond donors (Lipinski definition) is 0. The van der Waals surface area contributed by atoms with Gasteiger partial charge in [-0.25, -0.2) is 0 Å². The SMILES string of the molecule is C=CCn1c(SCC(=O)N2CCC(C(=O)OCC)CC2)nnc1[C@@H]1COc2ccccc2O1. The van der Waals surface area contributed by atoms with Gasteiger partial charge in [0.1, 0.15) is 6.61 Å². The zero-order valence-corrected chi connectivity index (χ0v) is 19.5. The molecule has 2 aliphatic heterocycles. The second-order valence-electron chi connectivity index (χ2n) is 7.80. The fourth-order valence-corrected chi connectivity index (χ4v) is 4.79. The fourth-order valence-electron chi connectivity index (χ4n) is 3.93. The molecule has 1 fully saturated rings. The minimum absolute atomic E-state index is 0.0168. The Bertz CT molecular complexity index is 1000. The van der Waals surface area contributed by atoms with E-state index in [0.717, 1.165) is 0 Å². The first-order chi connectivity index (χ1) is 16.1. The highest BCUT2D eigenvalue weighted by atomic mass is 32.2. The van der Waals surface area contributed by atoms with Gasteiger partial charge in [-0.2, -0.15) is 0 Å². The normalized spacial score (nSPS) is 18.1. The lowest BCUT2D eigenvalue weighted by Gasteiger charge is -2.30. The standard InChI is InChI=1S/C23H28N4O5S/c1-3-11-27-21(19-14-31-17-7-5-6-8-18(17)32-19)24-25-23(27)33-15-20(28)26-12-9-16(10-13-26)22(29)30-4-2/h3,5-8,16,19H,1,4,9-15H2,2H3/t19-/m0/s1. The molecule has 0 aliphatic carbocycles. The molecular formula is C23H28N4O5S. The summed E-state index contributed by atoms with van der Waals surface area (Å²) in [5.74, 6) is 1.97. The molecule has 1 atom stereocenters. The molecule has 0 N–H and O–H groups in total. The van der Waals surface area contributed by atoms with Crippen molar-refractivity contribution in [1.82, 2.24) is 19.7 Å². The van der Waals surface area contributed by atoms with Crippen LogP contribution in [0.15, 0.2) is 42.1 Å². The van der Waals surface area contributed by atoms with E-state index in [1.807, 2.05) is 28.8 Å². The topological polar surface area (TPSA) is 95.8 Å². The lowest BCUT2D eigenvalue weighted by molar-refractivity contribution is -0.151. The first-order valence-electron chi connectivity index (χ1n) is 11.1. The molecular weight excluding hydrogens is 444 g/mol. The molecule has 3 heterocycles. The number of hydrogen-bond acceptors (Lipinski definition) is 8. The Balaban J connectivity index is 1.36. The number of carbonyl (C=O) groups excluding carboxylic acids is 2. The van der Waals surface area contributed by atoms with Crippen LogP contribution in [0.2, 0.25) is 0 Å². The summed E-state index contributed by atoms with van der Waals surface area (Å²) in [7, 11) is 0. The minimum atomic E-state index is -0.403. The van der Waals surface area contributed by atoms with Gasteiger partial charge in [0.05, 0.1) is 18.3 Å². The van der Waals surface area contributed by atoms with E-state index in [4.69, 9.17) is 14.2 Å². The Morgan fingerprint density at radius 2 is 2.00 bits per heavy atom. The summed E-state index contributed by atoms with van der Waals surface area (Å²) in [5.41, 5.74) is 0. The summed E-state index contributed by atoms with van der Waals surface area (Å²) >= 11 is 1.34. The molecule has 0 unspecified atom stereocenters. The average molecular weight is 473 g/mol. The maximum atomic E-state index is 12.8. The monoisotopic (exact) mass is 472 g/mol. The van der Waals surface area contributed by atoms with Crippen LogP contribution >= 0.6 is 11.8 Å². The van der Waals surface area contributed by atoms with Gasteiger partial charge in [0.2, 0.25) is 5.91 Å². The zero-order chi connectivity index (χ0) is 23.2. The van der Waals surface area contributed by atoms with Gasteiger partial charge >= 0.3 is 5.97 Å². The van der Waals surface area contributed by atoms with Crippen LogP contribution in [-0.2, 0) is 20.9 Å². The van der Waals surface area contributed by atoms with E-state index in [0.29, 0.717) is 68.2 Å². The van der Waals surface area contributed by atoms with Crippen LogP contribution in [0.1, 0.15) is 31.7 Å². The van der Waals surface area contributed by atoms with Crippen molar-refractivity contribution in [3.8, 4) is 11.5 Å². The summed E-state index contributed by atoms with van der Waals surface area (Å²) in [5, 5.41) is 9.26. The smallest absolute Gasteiger partial charge is 0.309 e. The molecule has 0 bridgehead atoms. The highest BCUT2D eigenvalue weighted by Crippen LogP contribution is 2.36. The number of benzene rings is 1. The summed E-state index contributed by atoms with van der Waals surface area (Å²) in [6, 6.07) is 7.51. The molecule has 2 aliphatic rings. The quantitative estimate of drug-likeness (QED) is 0.329. The molecule has 0 radical (unpaired) electrons. The second-order valence-corrected chi connectivity index (χ2v) is 8.74. The first kappa shape index (κ1) is 23.2. The van der Waals surface area contributed by atoms with E-state index >= 15 is 0 Å². The third kappa shape index (κ3) is 5.32. The van der Waals surface area contributed by atoms with Crippen molar-refractivity contribution in [3.05, 3.63) is 42.7 Å². The molecule has 1 aromatic carbocycles. The van der Waals surface area contributed by atoms with Crippen LogP contribution < -0.4 is 9.47 Å². The predicted molar refractivity (Wildman–Crippen MR) is 122 cm³/mol. The Hall–Kier alpha value is -3.01. The molecule has 4 rings (SSSR count). The molecule has 10 heteroatoms. The van der Waals surface area contributed by atoms with E-state index in [9.17, 15) is 9.59 Å². The number of para-hydroxylation sites is 2. The third-order valence-electron chi connectivity index (χ3n) is 5.65. The second kappa shape index (κ2) is 10.7. The molecule has 0 saturated carbocycles. The number of aromatic nitrogens is 3. The van der Waals surface area contributed by atoms with E-state index in [1.165, 1.54) is 11.8 Å². The Morgan fingerprint density at radius 1 is 1.24 bits per heavy atom. The zero-order valence-electron chi connectivity index (χ0n) is 18.6. The van der Waals surface area contributed by atoms with Crippen LogP contribution in [0, 0.1) is 5.92 Å². The molecule has 33 heavy (non-hydrogen) atoms.